The van der Waals surface area contributed by atoms with Crippen molar-refractivity contribution >= 4 is 24.0 Å². The summed E-state index contributed by atoms with van der Waals surface area (Å²) in [6.45, 7) is 7.81. The number of rotatable bonds is 14. The van der Waals surface area contributed by atoms with Crippen LogP contribution in [0.4, 0.5) is 4.39 Å². The molecule has 1 aliphatic heterocycles. The van der Waals surface area contributed by atoms with Gasteiger partial charge in [-0.2, -0.15) is 5.09 Å². The lowest BCUT2D eigenvalue weighted by molar-refractivity contribution is -0.138. The molecule has 0 aliphatic carbocycles. The normalized spacial score (nSPS) is 25.7. The zero-order valence-electron chi connectivity index (χ0n) is 23.1. The fourth-order valence-electron chi connectivity index (χ4n) is 4.32. The molecule has 6 atom stereocenters. The largest absolute Gasteiger partial charge is 0.480 e. The molecule has 0 saturated carbocycles. The second kappa shape index (κ2) is 13.0. The number of aliphatic carboxylic acids is 1. The molecule has 2 heterocycles. The Morgan fingerprint density at radius 2 is 1.85 bits per heavy atom. The molecule has 1 fully saturated rings. The van der Waals surface area contributed by atoms with Gasteiger partial charge in [0.15, 0.2) is 11.9 Å². The van der Waals surface area contributed by atoms with Crippen molar-refractivity contribution < 1.29 is 36.8 Å². The van der Waals surface area contributed by atoms with E-state index in [0.717, 1.165) is 16.8 Å². The highest BCUT2D eigenvalue weighted by atomic mass is 32.3. The first kappa shape index (κ1) is 32.0. The predicted molar refractivity (Wildman–Crippen MR) is 150 cm³/mol. The van der Waals surface area contributed by atoms with E-state index in [-0.39, 0.29) is 5.75 Å². The van der Waals surface area contributed by atoms with Gasteiger partial charge in [0.05, 0.1) is 6.61 Å². The van der Waals surface area contributed by atoms with Crippen LogP contribution in [-0.2, 0) is 22.8 Å². The van der Waals surface area contributed by atoms with Gasteiger partial charge in [0.2, 0.25) is 0 Å². The van der Waals surface area contributed by atoms with Crippen molar-refractivity contribution in [3.8, 4) is 5.75 Å². The molecule has 0 amide bonds. The summed E-state index contributed by atoms with van der Waals surface area (Å²) >= 11 is 0. The van der Waals surface area contributed by atoms with Gasteiger partial charge < -0.3 is 18.6 Å². The molecule has 15 heteroatoms. The Labute approximate surface area is 233 Å². The molecule has 40 heavy (non-hydrogen) atoms. The minimum atomic E-state index is -4.35. The minimum absolute atomic E-state index is 0.149. The van der Waals surface area contributed by atoms with Crippen LogP contribution < -0.4 is 20.9 Å². The Hall–Kier alpha value is -2.48. The van der Waals surface area contributed by atoms with Gasteiger partial charge in [-0.25, -0.2) is 13.8 Å². The second-order valence-electron chi connectivity index (χ2n) is 9.43. The first-order valence-corrected chi connectivity index (χ1v) is 16.5. The van der Waals surface area contributed by atoms with Crippen LogP contribution in [0.25, 0.3) is 0 Å². The Balaban J connectivity index is 1.98. The van der Waals surface area contributed by atoms with E-state index in [1.807, 2.05) is 20.8 Å². The van der Waals surface area contributed by atoms with Gasteiger partial charge in [-0.3, -0.25) is 23.7 Å². The second-order valence-corrected chi connectivity index (χ2v) is 15.0. The number of benzene rings is 1. The molecular weight excluding hydrogens is 568 g/mol. The van der Waals surface area contributed by atoms with Gasteiger partial charge in [-0.15, -0.1) is 10.3 Å². The highest BCUT2D eigenvalue weighted by molar-refractivity contribution is 8.29. The number of H-pyrrole nitrogens is 1. The number of aromatic nitrogens is 2. The first-order chi connectivity index (χ1) is 18.8. The van der Waals surface area contributed by atoms with E-state index >= 15 is 4.39 Å². The van der Waals surface area contributed by atoms with E-state index < -0.39 is 72.0 Å². The van der Waals surface area contributed by atoms with E-state index in [2.05, 4.69) is 10.1 Å². The van der Waals surface area contributed by atoms with Crippen molar-refractivity contribution in [2.45, 2.75) is 64.8 Å². The average Bonchev–Trinajstić information content (AvgIpc) is 3.15. The number of ether oxygens (including phenoxy) is 1. The molecule has 0 bridgehead atoms. The molecule has 1 aromatic heterocycles. The van der Waals surface area contributed by atoms with Gasteiger partial charge in [0.1, 0.15) is 24.0 Å². The third-order valence-electron chi connectivity index (χ3n) is 6.77. The number of alkyl halides is 1. The van der Waals surface area contributed by atoms with E-state index in [0.29, 0.717) is 17.3 Å². The number of nitrogens with zero attached hydrogens (tertiary/aromatic N) is 1. The van der Waals surface area contributed by atoms with Gasteiger partial charge >= 0.3 is 19.4 Å². The van der Waals surface area contributed by atoms with Crippen LogP contribution in [0.2, 0.25) is 0 Å². The lowest BCUT2D eigenvalue weighted by Gasteiger charge is -2.42. The van der Waals surface area contributed by atoms with Crippen molar-refractivity contribution in [2.75, 3.05) is 23.9 Å². The summed E-state index contributed by atoms with van der Waals surface area (Å²) in [6, 6.07) is 7.76. The molecule has 3 N–H and O–H groups in total. The van der Waals surface area contributed by atoms with Crippen molar-refractivity contribution in [1.29, 1.82) is 0 Å². The predicted octanol–water partition coefficient (Wildman–Crippen LogP) is 3.59. The number of carbonyl (C=O) groups is 1. The van der Waals surface area contributed by atoms with E-state index in [9.17, 15) is 24.1 Å². The van der Waals surface area contributed by atoms with Gasteiger partial charge in [-0.05, 0) is 43.2 Å². The molecule has 0 spiro atoms. The molecule has 1 saturated heterocycles. The zero-order chi connectivity index (χ0) is 29.7. The highest BCUT2D eigenvalue weighted by Crippen LogP contribution is 2.55. The van der Waals surface area contributed by atoms with Crippen LogP contribution in [0.5, 0.6) is 5.75 Å². The fraction of sp³-hybridized carbons (Fsp3) is 0.560. The van der Waals surface area contributed by atoms with Gasteiger partial charge in [0, 0.05) is 12.3 Å². The number of nitrogens with one attached hydrogen (secondary N) is 2. The van der Waals surface area contributed by atoms with Crippen LogP contribution in [0.15, 0.2) is 52.2 Å². The number of aromatic amines is 1. The van der Waals surface area contributed by atoms with E-state index in [4.69, 9.17) is 18.0 Å². The lowest BCUT2D eigenvalue weighted by atomic mass is 9.98. The summed E-state index contributed by atoms with van der Waals surface area (Å²) in [5.74, 6) is 0.759. The maximum atomic E-state index is 16.6. The Kier molecular flexibility index (Phi) is 10.4. The number of carboxylic acids is 1. The smallest absolute Gasteiger partial charge is 0.459 e. The number of halogens is 1. The minimum Gasteiger partial charge on any atom is -0.480 e. The van der Waals surface area contributed by atoms with Crippen LogP contribution in [0.1, 0.15) is 40.8 Å². The molecular formula is C25H37FN3O9PS. The molecule has 0 radical (unpaired) electrons. The van der Waals surface area contributed by atoms with E-state index in [1.54, 1.807) is 18.2 Å². The molecule has 1 unspecified atom stereocenters. The van der Waals surface area contributed by atoms with Crippen LogP contribution in [0, 0.1) is 0 Å². The molecule has 224 valence electrons. The summed E-state index contributed by atoms with van der Waals surface area (Å²) in [5, 5.41) is 11.7. The van der Waals surface area contributed by atoms with Gasteiger partial charge in [-0.1, -0.05) is 39.0 Å². The van der Waals surface area contributed by atoms with Crippen molar-refractivity contribution in [1.82, 2.24) is 14.6 Å². The molecule has 1 aromatic carbocycles. The lowest BCUT2D eigenvalue weighted by Crippen LogP contribution is -2.46. The molecule has 2 aromatic rings. The van der Waals surface area contributed by atoms with Crippen LogP contribution in [0.3, 0.4) is 0 Å². The molecule has 1 aliphatic rings. The van der Waals surface area contributed by atoms with Crippen LogP contribution >= 0.6 is 18.1 Å². The van der Waals surface area contributed by atoms with Crippen LogP contribution in [-0.4, -0.2) is 68.4 Å². The van der Waals surface area contributed by atoms with Crippen molar-refractivity contribution in [3.05, 3.63) is 63.4 Å². The first-order valence-electron chi connectivity index (χ1n) is 12.9. The van der Waals surface area contributed by atoms with Crippen molar-refractivity contribution in [2.24, 2.45) is 0 Å². The summed E-state index contributed by atoms with van der Waals surface area (Å²) in [6.07, 6.45) is -2.85. The number of hydrogen-bond acceptors (Lipinski definition) is 8. The standard InChI is InChI=1S/C25H37FN3O9PS/c1-6-40(7-2,8-3)38-21-19(36-23(25(21,5)26)29-15-14-20(30)27-24(29)33)16-35-39(34,28-17(4)22(31)32)37-18-12-10-9-11-13-18/h9-15,17,19,21,23H,6-8,16H2,1-5H3,(H,28,34)(H,31,32)(H,27,30,33)/t17-,19+,21+,23+,25+,39?/m0/s1. The average molecular weight is 606 g/mol. The quantitative estimate of drug-likeness (QED) is 0.272. The van der Waals surface area contributed by atoms with Gasteiger partial charge in [0.25, 0.3) is 5.56 Å². The number of carboxylic acid groups (broad SMARTS) is 1. The number of hydrogen-bond donors (Lipinski definition) is 3. The van der Waals surface area contributed by atoms with E-state index in [1.165, 1.54) is 26.0 Å². The third kappa shape index (κ3) is 7.23. The summed E-state index contributed by atoms with van der Waals surface area (Å²) in [4.78, 5) is 37.7. The summed E-state index contributed by atoms with van der Waals surface area (Å²) in [7, 11) is -6.12. The molecule has 12 nitrogen and oxygen atoms in total. The summed E-state index contributed by atoms with van der Waals surface area (Å²) in [5.41, 5.74) is -3.83. The zero-order valence-corrected chi connectivity index (χ0v) is 24.8. The molecule has 3 rings (SSSR count). The highest BCUT2D eigenvalue weighted by Gasteiger charge is 2.58. The Morgan fingerprint density at radius 3 is 2.40 bits per heavy atom. The topological polar surface area (TPSA) is 158 Å². The monoisotopic (exact) mass is 605 g/mol. The Morgan fingerprint density at radius 1 is 1.23 bits per heavy atom. The maximum Gasteiger partial charge on any atom is 0.459 e. The van der Waals surface area contributed by atoms with Crippen molar-refractivity contribution in [3.63, 3.8) is 0 Å². The summed E-state index contributed by atoms with van der Waals surface area (Å²) < 4.78 is 54.9. The third-order valence-corrected chi connectivity index (χ3v) is 12.2. The SMILES string of the molecule is CCS(CC)(CC)O[C@@H]1[C@@H](COP(=O)(N[C@@H](C)C(=O)O)Oc2ccccc2)O[C@@H](n2ccc(=O)[nH]c2=O)[C@]1(C)F. The Bertz CT molecular complexity index is 1310. The fourth-order valence-corrected chi connectivity index (χ4v) is 8.21. The maximum absolute atomic E-state index is 16.6. The number of para-hydroxylation sites is 1.